The highest BCUT2D eigenvalue weighted by atomic mass is 19.1. The van der Waals surface area contributed by atoms with Crippen LogP contribution in [0.4, 0.5) is 4.39 Å². The molecule has 0 unspecified atom stereocenters. The van der Waals surface area contributed by atoms with Crippen LogP contribution in [0.5, 0.6) is 0 Å². The Balaban J connectivity index is 1.56. The molecular weight excluding hydrogens is 379 g/mol. The van der Waals surface area contributed by atoms with Crippen LogP contribution in [0.3, 0.4) is 0 Å². The first kappa shape index (κ1) is 22.8. The third-order valence-corrected chi connectivity index (χ3v) is 9.01. The van der Waals surface area contributed by atoms with Crippen molar-refractivity contribution in [2.45, 2.75) is 97.3 Å². The molecule has 0 aromatic heterocycles. The molecule has 0 bridgehead atoms. The molecule has 1 aromatic rings. The minimum atomic E-state index is 0.0523. The average Bonchev–Trinajstić information content (AvgIpc) is 2.81. The summed E-state index contributed by atoms with van der Waals surface area (Å²) >= 11 is 0. The molecule has 31 heavy (non-hydrogen) atoms. The van der Waals surface area contributed by atoms with Crippen LogP contribution in [0.2, 0.25) is 0 Å². The summed E-state index contributed by atoms with van der Waals surface area (Å²) in [7, 11) is 0. The Labute approximate surface area is 190 Å². The molecule has 0 N–H and O–H groups in total. The summed E-state index contributed by atoms with van der Waals surface area (Å²) in [6, 6.07) is 10.2. The predicted molar refractivity (Wildman–Crippen MR) is 131 cm³/mol. The van der Waals surface area contributed by atoms with Gasteiger partial charge >= 0.3 is 0 Å². The van der Waals surface area contributed by atoms with Gasteiger partial charge in [-0.3, -0.25) is 0 Å². The molecule has 1 heteroatoms. The van der Waals surface area contributed by atoms with E-state index >= 15 is 4.39 Å². The first-order valence-electron chi connectivity index (χ1n) is 13.3. The van der Waals surface area contributed by atoms with Gasteiger partial charge in [-0.25, -0.2) is 4.39 Å². The zero-order valence-corrected chi connectivity index (χ0v) is 19.9. The molecule has 0 aliphatic heterocycles. The van der Waals surface area contributed by atoms with Crippen molar-refractivity contribution in [2.75, 3.05) is 0 Å². The monoisotopic (exact) mass is 422 g/mol. The molecular formula is C30H43F. The van der Waals surface area contributed by atoms with Gasteiger partial charge in [0, 0.05) is 17.4 Å². The second-order valence-corrected chi connectivity index (χ2v) is 10.8. The fourth-order valence-corrected chi connectivity index (χ4v) is 7.31. The molecule has 0 spiro atoms. The topological polar surface area (TPSA) is 0 Å². The van der Waals surface area contributed by atoms with Gasteiger partial charge in [0.1, 0.15) is 5.83 Å². The maximum Gasteiger partial charge on any atom is 0.109 e. The highest BCUT2D eigenvalue weighted by molar-refractivity contribution is 5.77. The van der Waals surface area contributed by atoms with Gasteiger partial charge in [-0.15, -0.1) is 0 Å². The molecule has 4 rings (SSSR count). The van der Waals surface area contributed by atoms with E-state index in [1.807, 2.05) is 18.2 Å². The average molecular weight is 423 g/mol. The molecule has 0 atom stereocenters. The van der Waals surface area contributed by atoms with E-state index in [1.54, 1.807) is 0 Å². The van der Waals surface area contributed by atoms with E-state index in [2.05, 4.69) is 38.1 Å². The number of allylic oxidation sites excluding steroid dienone is 4. The van der Waals surface area contributed by atoms with Crippen molar-refractivity contribution in [2.24, 2.45) is 29.1 Å². The number of halogens is 1. The first-order chi connectivity index (χ1) is 15.2. The summed E-state index contributed by atoms with van der Waals surface area (Å²) in [6.45, 7) is 4.63. The molecule has 0 heterocycles. The van der Waals surface area contributed by atoms with Crippen molar-refractivity contribution in [3.63, 3.8) is 0 Å². The lowest BCUT2D eigenvalue weighted by Crippen LogP contribution is -2.41. The van der Waals surface area contributed by atoms with Gasteiger partial charge in [0.05, 0.1) is 0 Å². The smallest absolute Gasteiger partial charge is 0.109 e. The van der Waals surface area contributed by atoms with Gasteiger partial charge in [0.15, 0.2) is 0 Å². The lowest BCUT2D eigenvalue weighted by molar-refractivity contribution is 0.0411. The highest BCUT2D eigenvalue weighted by Crippen LogP contribution is 2.57. The fourth-order valence-electron chi connectivity index (χ4n) is 7.31. The third kappa shape index (κ3) is 5.01. The normalized spacial score (nSPS) is 31.1. The molecule has 2 fully saturated rings. The van der Waals surface area contributed by atoms with Crippen molar-refractivity contribution in [1.29, 1.82) is 0 Å². The van der Waals surface area contributed by atoms with E-state index in [-0.39, 0.29) is 11.2 Å². The van der Waals surface area contributed by atoms with Gasteiger partial charge in [0.25, 0.3) is 0 Å². The van der Waals surface area contributed by atoms with E-state index in [4.69, 9.17) is 0 Å². The summed E-state index contributed by atoms with van der Waals surface area (Å²) in [4.78, 5) is 0. The van der Waals surface area contributed by atoms with Crippen LogP contribution in [-0.2, 0) is 0 Å². The standard InChI is InChI=1S/C30H43F/c1-3-8-23-12-16-26(17-13-23)30(27-18-14-24(9-4-2)15-19-27)21-20-28(29(31)22-30)25-10-6-5-7-11-25/h5-7,10-11,20-21,23-24,26-27H,3-4,8-9,12-19,22H2,1-2H3/t23-,24-,26-,27-. The van der Waals surface area contributed by atoms with E-state index in [0.29, 0.717) is 18.3 Å². The Morgan fingerprint density at radius 1 is 0.774 bits per heavy atom. The van der Waals surface area contributed by atoms with Gasteiger partial charge in [0.2, 0.25) is 0 Å². The van der Waals surface area contributed by atoms with Crippen molar-refractivity contribution >= 4 is 5.57 Å². The third-order valence-electron chi connectivity index (χ3n) is 9.01. The maximum absolute atomic E-state index is 15.8. The van der Waals surface area contributed by atoms with Crippen LogP contribution < -0.4 is 0 Å². The zero-order valence-electron chi connectivity index (χ0n) is 19.9. The van der Waals surface area contributed by atoms with Crippen molar-refractivity contribution in [1.82, 2.24) is 0 Å². The van der Waals surface area contributed by atoms with Crippen LogP contribution in [0.15, 0.2) is 48.3 Å². The number of hydrogen-bond donors (Lipinski definition) is 0. The van der Waals surface area contributed by atoms with E-state index in [1.165, 1.54) is 77.0 Å². The van der Waals surface area contributed by atoms with Crippen molar-refractivity contribution < 1.29 is 4.39 Å². The maximum atomic E-state index is 15.8. The quantitative estimate of drug-likeness (QED) is 0.410. The Kier molecular flexibility index (Phi) is 7.72. The summed E-state index contributed by atoms with van der Waals surface area (Å²) in [5.74, 6) is 3.28. The molecule has 170 valence electrons. The van der Waals surface area contributed by atoms with Crippen LogP contribution in [0.25, 0.3) is 5.57 Å². The van der Waals surface area contributed by atoms with E-state index < -0.39 is 0 Å². The molecule has 0 nitrogen and oxygen atoms in total. The minimum absolute atomic E-state index is 0.0523. The molecule has 2 saturated carbocycles. The number of hydrogen-bond acceptors (Lipinski definition) is 0. The molecule has 0 radical (unpaired) electrons. The van der Waals surface area contributed by atoms with Gasteiger partial charge in [-0.05, 0) is 54.9 Å². The molecule has 3 aliphatic carbocycles. The lowest BCUT2D eigenvalue weighted by atomic mass is 9.54. The number of rotatable bonds is 7. The molecule has 0 amide bonds. The predicted octanol–water partition coefficient (Wildman–Crippen LogP) is 9.53. The molecule has 1 aromatic carbocycles. The second kappa shape index (κ2) is 10.5. The van der Waals surface area contributed by atoms with E-state index in [0.717, 1.165) is 23.0 Å². The second-order valence-electron chi connectivity index (χ2n) is 10.8. The summed E-state index contributed by atoms with van der Waals surface area (Å²) in [5, 5.41) is 0. The first-order valence-corrected chi connectivity index (χ1v) is 13.3. The van der Waals surface area contributed by atoms with Crippen LogP contribution in [0, 0.1) is 29.1 Å². The molecule has 3 aliphatic rings. The summed E-state index contributed by atoms with van der Waals surface area (Å²) in [6.07, 6.45) is 21.3. The van der Waals surface area contributed by atoms with Crippen LogP contribution >= 0.6 is 0 Å². The van der Waals surface area contributed by atoms with Crippen LogP contribution in [-0.4, -0.2) is 0 Å². The highest BCUT2D eigenvalue weighted by Gasteiger charge is 2.47. The number of benzene rings is 1. The minimum Gasteiger partial charge on any atom is -0.211 e. The lowest BCUT2D eigenvalue weighted by Gasteiger charge is -2.50. The Bertz CT molecular complexity index is 716. The van der Waals surface area contributed by atoms with E-state index in [9.17, 15) is 0 Å². The Morgan fingerprint density at radius 2 is 1.29 bits per heavy atom. The summed E-state index contributed by atoms with van der Waals surface area (Å²) in [5.41, 5.74) is 1.91. The van der Waals surface area contributed by atoms with Gasteiger partial charge in [-0.1, -0.05) is 108 Å². The molecule has 0 saturated heterocycles. The largest absolute Gasteiger partial charge is 0.211 e. The van der Waals surface area contributed by atoms with Crippen molar-refractivity contribution in [3.05, 3.63) is 53.9 Å². The van der Waals surface area contributed by atoms with Gasteiger partial charge in [-0.2, -0.15) is 0 Å². The SMILES string of the molecule is CCC[C@H]1CC[C@H](C2([C@H]3CC[C@H](CCC)CC3)C=CC(c3ccccc3)=C(F)C2)CC1. The Morgan fingerprint density at radius 3 is 1.74 bits per heavy atom. The van der Waals surface area contributed by atoms with Gasteiger partial charge < -0.3 is 0 Å². The fraction of sp³-hybridized carbons (Fsp3) is 0.667. The Hall–Kier alpha value is -1.37. The summed E-state index contributed by atoms with van der Waals surface area (Å²) < 4.78 is 15.8. The zero-order chi connectivity index (χ0) is 21.7. The van der Waals surface area contributed by atoms with Crippen molar-refractivity contribution in [3.8, 4) is 0 Å². The van der Waals surface area contributed by atoms with Crippen LogP contribution in [0.1, 0.15) is 103 Å².